The van der Waals surface area contributed by atoms with Crippen LogP contribution in [0.15, 0.2) is 25.0 Å². The highest BCUT2D eigenvalue weighted by atomic mass is 16.3. The first kappa shape index (κ1) is 20.2. The molecule has 3 aromatic heterocycles. The van der Waals surface area contributed by atoms with Crippen LogP contribution in [-0.2, 0) is 18.3 Å². The molecule has 0 bridgehead atoms. The number of aromatic nitrogens is 6. The summed E-state index contributed by atoms with van der Waals surface area (Å²) in [6, 6.07) is -0.900. The molecule has 11 heteroatoms. The minimum atomic E-state index is -1.09. The monoisotopic (exact) mass is 414 g/mol. The molecule has 0 unspecified atom stereocenters. The molecule has 0 spiro atoms. The highest BCUT2D eigenvalue weighted by Gasteiger charge is 2.39. The molecule has 0 saturated heterocycles. The van der Waals surface area contributed by atoms with Crippen molar-refractivity contribution < 1.29 is 15.0 Å². The number of hydrogen-bond donors (Lipinski definition) is 4. The molecule has 3 aromatic rings. The highest BCUT2D eigenvalue weighted by molar-refractivity contribution is 5.82. The number of nitrogens with zero attached hydrogens (tertiary/aromatic N) is 6. The highest BCUT2D eigenvalue weighted by Crippen LogP contribution is 2.32. The summed E-state index contributed by atoms with van der Waals surface area (Å²) >= 11 is 0. The number of aliphatic hydroxyl groups is 2. The Bertz CT molecular complexity index is 1030. The summed E-state index contributed by atoms with van der Waals surface area (Å²) < 4.78 is 3.46. The zero-order valence-corrected chi connectivity index (χ0v) is 16.9. The van der Waals surface area contributed by atoms with Gasteiger partial charge >= 0.3 is 0 Å². The predicted octanol–water partition coefficient (Wildman–Crippen LogP) is -0.224. The molecule has 11 nitrogen and oxygen atoms in total. The third-order valence-electron chi connectivity index (χ3n) is 5.63. The first-order chi connectivity index (χ1) is 14.5. The second-order valence-corrected chi connectivity index (χ2v) is 7.62. The molecule has 0 radical (unpaired) electrons. The number of aliphatic hydroxyl groups excluding tert-OH is 2. The SMILES string of the molecule is CNc1ncnc2c1ncn2[C@@H]1CC[C@@H](NC(=O)CCc2cnn(C)c2)[C@@H](O)[C@@H]1O. The topological polar surface area (TPSA) is 143 Å². The minimum Gasteiger partial charge on any atom is -0.388 e. The molecule has 4 rings (SSSR count). The van der Waals surface area contributed by atoms with Crippen LogP contribution in [0.3, 0.4) is 0 Å². The van der Waals surface area contributed by atoms with Crippen molar-refractivity contribution in [3.05, 3.63) is 30.6 Å². The van der Waals surface area contributed by atoms with E-state index in [0.29, 0.717) is 42.7 Å². The maximum absolute atomic E-state index is 12.3. The van der Waals surface area contributed by atoms with Crippen molar-refractivity contribution in [3.63, 3.8) is 0 Å². The van der Waals surface area contributed by atoms with Crippen LogP contribution >= 0.6 is 0 Å². The van der Waals surface area contributed by atoms with Crippen molar-refractivity contribution in [2.24, 2.45) is 7.05 Å². The number of nitrogens with one attached hydrogen (secondary N) is 2. The third-order valence-corrected chi connectivity index (χ3v) is 5.63. The summed E-state index contributed by atoms with van der Waals surface area (Å²) in [6.07, 6.45) is 6.46. The number of aryl methyl sites for hydroxylation is 2. The summed E-state index contributed by atoms with van der Waals surface area (Å²) in [5, 5.41) is 31.3. The quantitative estimate of drug-likeness (QED) is 0.433. The number of carbonyl (C=O) groups is 1. The maximum atomic E-state index is 12.3. The van der Waals surface area contributed by atoms with E-state index >= 15 is 0 Å². The Hall–Kier alpha value is -3.05. The van der Waals surface area contributed by atoms with Crippen LogP contribution in [0.25, 0.3) is 11.2 Å². The molecule has 1 amide bonds. The standard InChI is InChI=1S/C19H26N8O3/c1-20-18-15-19(22-9-21-18)27(10-23-15)13-5-4-12(16(29)17(13)30)25-14(28)6-3-11-7-24-26(2)8-11/h7-10,12-13,16-17,29-30H,3-6H2,1-2H3,(H,25,28)(H,20,21,22)/t12-,13-,16-,17-/m1/s1. The summed E-state index contributed by atoms with van der Waals surface area (Å²) in [5.41, 5.74) is 2.17. The fraction of sp³-hybridized carbons (Fsp3) is 0.526. The Morgan fingerprint density at radius 3 is 2.80 bits per heavy atom. The summed E-state index contributed by atoms with van der Waals surface area (Å²) in [7, 11) is 3.58. The number of anilines is 1. The molecule has 1 aliphatic carbocycles. The largest absolute Gasteiger partial charge is 0.388 e. The van der Waals surface area contributed by atoms with E-state index in [-0.39, 0.29) is 5.91 Å². The molecular weight excluding hydrogens is 388 g/mol. The van der Waals surface area contributed by atoms with E-state index in [2.05, 4.69) is 30.7 Å². The van der Waals surface area contributed by atoms with Crippen molar-refractivity contribution in [2.45, 2.75) is 50.0 Å². The zero-order chi connectivity index (χ0) is 21.3. The van der Waals surface area contributed by atoms with Gasteiger partial charge in [-0.25, -0.2) is 15.0 Å². The molecule has 1 saturated carbocycles. The second kappa shape index (κ2) is 8.36. The lowest BCUT2D eigenvalue weighted by Gasteiger charge is -2.38. The summed E-state index contributed by atoms with van der Waals surface area (Å²) in [5.74, 6) is 0.441. The van der Waals surface area contributed by atoms with E-state index in [0.717, 1.165) is 5.56 Å². The van der Waals surface area contributed by atoms with Gasteiger partial charge in [0.25, 0.3) is 0 Å². The Labute approximate surface area is 173 Å². The van der Waals surface area contributed by atoms with E-state index in [1.807, 2.05) is 13.2 Å². The van der Waals surface area contributed by atoms with Crippen LogP contribution in [0.2, 0.25) is 0 Å². The first-order valence-electron chi connectivity index (χ1n) is 9.96. The Balaban J connectivity index is 1.40. The van der Waals surface area contributed by atoms with Crippen LogP contribution in [0.4, 0.5) is 5.82 Å². The molecule has 4 atom stereocenters. The van der Waals surface area contributed by atoms with Crippen molar-refractivity contribution in [1.82, 2.24) is 34.6 Å². The molecule has 160 valence electrons. The smallest absolute Gasteiger partial charge is 0.220 e. The van der Waals surface area contributed by atoms with Crippen LogP contribution in [0.5, 0.6) is 0 Å². The number of amides is 1. The third kappa shape index (κ3) is 3.85. The van der Waals surface area contributed by atoms with Crippen molar-refractivity contribution in [1.29, 1.82) is 0 Å². The average molecular weight is 414 g/mol. The molecule has 0 aromatic carbocycles. The van der Waals surface area contributed by atoms with E-state index in [9.17, 15) is 15.0 Å². The molecule has 0 aliphatic heterocycles. The lowest BCUT2D eigenvalue weighted by Crippen LogP contribution is -2.54. The van der Waals surface area contributed by atoms with Gasteiger partial charge in [-0.3, -0.25) is 9.48 Å². The molecule has 1 fully saturated rings. The van der Waals surface area contributed by atoms with Gasteiger partial charge in [-0.05, 0) is 24.8 Å². The van der Waals surface area contributed by atoms with Gasteiger partial charge < -0.3 is 25.4 Å². The van der Waals surface area contributed by atoms with Gasteiger partial charge in [0.1, 0.15) is 24.1 Å². The van der Waals surface area contributed by atoms with Crippen LogP contribution in [0, 0.1) is 0 Å². The lowest BCUT2D eigenvalue weighted by atomic mass is 9.85. The zero-order valence-electron chi connectivity index (χ0n) is 16.9. The van der Waals surface area contributed by atoms with Gasteiger partial charge in [-0.1, -0.05) is 0 Å². The van der Waals surface area contributed by atoms with Gasteiger partial charge in [0.15, 0.2) is 11.5 Å². The van der Waals surface area contributed by atoms with E-state index in [4.69, 9.17) is 0 Å². The average Bonchev–Trinajstić information content (AvgIpc) is 3.36. The number of imidazole rings is 1. The molecule has 1 aliphatic rings. The van der Waals surface area contributed by atoms with Gasteiger partial charge in [0, 0.05) is 26.7 Å². The molecular formula is C19H26N8O3. The summed E-state index contributed by atoms with van der Waals surface area (Å²) in [4.78, 5) is 25.1. The van der Waals surface area contributed by atoms with Gasteiger partial charge in [0.2, 0.25) is 5.91 Å². The van der Waals surface area contributed by atoms with Gasteiger partial charge in [-0.15, -0.1) is 0 Å². The van der Waals surface area contributed by atoms with E-state index in [1.165, 1.54) is 6.33 Å². The minimum absolute atomic E-state index is 0.159. The fourth-order valence-electron chi connectivity index (χ4n) is 4.03. The number of carbonyl (C=O) groups excluding carboxylic acids is 1. The van der Waals surface area contributed by atoms with Crippen LogP contribution in [-0.4, -0.2) is 70.7 Å². The van der Waals surface area contributed by atoms with E-state index in [1.54, 1.807) is 28.8 Å². The first-order valence-corrected chi connectivity index (χ1v) is 9.96. The van der Waals surface area contributed by atoms with Crippen LogP contribution < -0.4 is 10.6 Å². The second-order valence-electron chi connectivity index (χ2n) is 7.62. The maximum Gasteiger partial charge on any atom is 0.220 e. The normalized spacial score (nSPS) is 24.1. The van der Waals surface area contributed by atoms with Crippen molar-refractivity contribution in [2.75, 3.05) is 12.4 Å². The van der Waals surface area contributed by atoms with Gasteiger partial charge in [0.05, 0.1) is 24.6 Å². The lowest BCUT2D eigenvalue weighted by molar-refractivity contribution is -0.125. The molecule has 30 heavy (non-hydrogen) atoms. The number of rotatable bonds is 6. The Morgan fingerprint density at radius 2 is 2.07 bits per heavy atom. The van der Waals surface area contributed by atoms with Gasteiger partial charge in [-0.2, -0.15) is 5.10 Å². The van der Waals surface area contributed by atoms with Crippen molar-refractivity contribution >= 4 is 22.9 Å². The van der Waals surface area contributed by atoms with Crippen molar-refractivity contribution in [3.8, 4) is 0 Å². The molecule has 4 N–H and O–H groups in total. The number of hydrogen-bond acceptors (Lipinski definition) is 8. The number of fused-ring (bicyclic) bond motifs is 1. The predicted molar refractivity (Wildman–Crippen MR) is 109 cm³/mol. The van der Waals surface area contributed by atoms with Crippen LogP contribution in [0.1, 0.15) is 30.9 Å². The summed E-state index contributed by atoms with van der Waals surface area (Å²) in [6.45, 7) is 0. The molecule has 3 heterocycles. The Kier molecular flexibility index (Phi) is 5.64. The van der Waals surface area contributed by atoms with E-state index < -0.39 is 24.3 Å². The fourth-order valence-corrected chi connectivity index (χ4v) is 4.03. The Morgan fingerprint density at radius 1 is 1.23 bits per heavy atom.